The summed E-state index contributed by atoms with van der Waals surface area (Å²) in [4.78, 5) is 40.0. The van der Waals surface area contributed by atoms with Gasteiger partial charge >= 0.3 is 0 Å². The number of imide groups is 1. The summed E-state index contributed by atoms with van der Waals surface area (Å²) >= 11 is 0.813. The van der Waals surface area contributed by atoms with E-state index in [4.69, 9.17) is 9.15 Å². The van der Waals surface area contributed by atoms with Gasteiger partial charge in [0.05, 0.1) is 18.1 Å². The van der Waals surface area contributed by atoms with Crippen molar-refractivity contribution in [3.8, 4) is 11.3 Å². The van der Waals surface area contributed by atoms with Crippen molar-refractivity contribution in [3.05, 3.63) is 53.1 Å². The lowest BCUT2D eigenvalue weighted by Gasteiger charge is -2.27. The summed E-state index contributed by atoms with van der Waals surface area (Å²) in [7, 11) is 0. The molecule has 8 heteroatoms. The maximum atomic E-state index is 12.6. The molecule has 2 aliphatic heterocycles. The van der Waals surface area contributed by atoms with Crippen LogP contribution in [0.4, 0.5) is 4.79 Å². The van der Waals surface area contributed by atoms with E-state index in [0.717, 1.165) is 22.2 Å². The summed E-state index contributed by atoms with van der Waals surface area (Å²) in [5, 5.41) is -0.451. The fourth-order valence-corrected chi connectivity index (χ4v) is 3.82. The number of thioether (sulfide) groups is 1. The second-order valence-electron chi connectivity index (χ2n) is 6.33. The number of hydrogen-bond donors (Lipinski definition) is 0. The number of hydrogen-bond acceptors (Lipinski definition) is 6. The monoisotopic (exact) mass is 398 g/mol. The first-order chi connectivity index (χ1) is 13.6. The molecule has 0 unspecified atom stereocenters. The van der Waals surface area contributed by atoms with Crippen LogP contribution in [0, 0.1) is 0 Å². The van der Waals surface area contributed by atoms with Crippen LogP contribution in [0.5, 0.6) is 0 Å². The number of ether oxygens (including phenoxy) is 1. The zero-order chi connectivity index (χ0) is 19.5. The van der Waals surface area contributed by atoms with Crippen molar-refractivity contribution < 1.29 is 23.5 Å². The van der Waals surface area contributed by atoms with Crippen LogP contribution in [0.2, 0.25) is 0 Å². The van der Waals surface area contributed by atoms with Crippen molar-refractivity contribution in [2.45, 2.75) is 0 Å². The Balaban J connectivity index is 1.46. The number of benzene rings is 1. The molecule has 0 radical (unpaired) electrons. The largest absolute Gasteiger partial charge is 0.457 e. The molecule has 144 valence electrons. The first kappa shape index (κ1) is 18.5. The van der Waals surface area contributed by atoms with Gasteiger partial charge in [-0.3, -0.25) is 19.3 Å². The maximum absolute atomic E-state index is 12.6. The highest BCUT2D eigenvalue weighted by molar-refractivity contribution is 8.18. The SMILES string of the molecule is O=C(CN1C(=O)S/C(=C\c2ccc(-c3ccccc3)o2)C1=O)N1CCOCC1. The number of furan rings is 1. The second-order valence-corrected chi connectivity index (χ2v) is 7.32. The Labute approximate surface area is 165 Å². The van der Waals surface area contributed by atoms with Gasteiger partial charge in [-0.15, -0.1) is 0 Å². The average molecular weight is 398 g/mol. The third-order valence-corrected chi connectivity index (χ3v) is 5.40. The van der Waals surface area contributed by atoms with Crippen molar-refractivity contribution in [1.29, 1.82) is 0 Å². The summed E-state index contributed by atoms with van der Waals surface area (Å²) < 4.78 is 11.0. The molecule has 3 amide bonds. The van der Waals surface area contributed by atoms with Gasteiger partial charge in [-0.1, -0.05) is 30.3 Å². The van der Waals surface area contributed by atoms with Gasteiger partial charge in [0.1, 0.15) is 18.1 Å². The number of carbonyl (C=O) groups excluding carboxylic acids is 3. The standard InChI is InChI=1S/C20H18N2O5S/c23-18(21-8-10-26-11-9-21)13-22-19(24)17(28-20(22)25)12-15-6-7-16(27-15)14-4-2-1-3-5-14/h1-7,12H,8-11,13H2/b17-12-. The molecule has 0 saturated carbocycles. The topological polar surface area (TPSA) is 80.1 Å². The van der Waals surface area contributed by atoms with Crippen LogP contribution in [0.3, 0.4) is 0 Å². The van der Waals surface area contributed by atoms with Crippen molar-refractivity contribution in [3.63, 3.8) is 0 Å². The van der Waals surface area contributed by atoms with Crippen LogP contribution >= 0.6 is 11.8 Å². The smallest absolute Gasteiger partial charge is 0.294 e. The van der Waals surface area contributed by atoms with Crippen LogP contribution < -0.4 is 0 Å². The molecule has 0 aliphatic carbocycles. The van der Waals surface area contributed by atoms with E-state index in [1.54, 1.807) is 11.0 Å². The van der Waals surface area contributed by atoms with Gasteiger partial charge in [0.2, 0.25) is 5.91 Å². The lowest BCUT2D eigenvalue weighted by atomic mass is 10.2. The minimum atomic E-state index is -0.478. The van der Waals surface area contributed by atoms with Gasteiger partial charge in [-0.25, -0.2) is 0 Å². The van der Waals surface area contributed by atoms with E-state index in [-0.39, 0.29) is 17.4 Å². The fourth-order valence-electron chi connectivity index (χ4n) is 3.00. The van der Waals surface area contributed by atoms with Gasteiger partial charge in [0.15, 0.2) is 0 Å². The lowest BCUT2D eigenvalue weighted by molar-refractivity contribution is -0.139. The summed E-state index contributed by atoms with van der Waals surface area (Å²) in [5.41, 5.74) is 0.923. The van der Waals surface area contributed by atoms with E-state index in [9.17, 15) is 14.4 Å². The molecule has 0 N–H and O–H groups in total. The van der Waals surface area contributed by atoms with Crippen LogP contribution in [-0.2, 0) is 14.3 Å². The average Bonchev–Trinajstić information content (AvgIpc) is 3.30. The first-order valence-electron chi connectivity index (χ1n) is 8.88. The molecule has 2 aliphatic rings. The Morgan fingerprint density at radius 3 is 2.57 bits per heavy atom. The van der Waals surface area contributed by atoms with Crippen LogP contribution in [0.25, 0.3) is 17.4 Å². The second kappa shape index (κ2) is 8.04. The van der Waals surface area contributed by atoms with E-state index in [1.165, 1.54) is 6.08 Å². The number of amides is 3. The molecule has 3 heterocycles. The third-order valence-electron chi connectivity index (χ3n) is 4.49. The van der Waals surface area contributed by atoms with E-state index in [1.807, 2.05) is 36.4 Å². The summed E-state index contributed by atoms with van der Waals surface area (Å²) in [5.74, 6) is 0.419. The van der Waals surface area contributed by atoms with E-state index in [0.29, 0.717) is 37.8 Å². The molecule has 0 atom stereocenters. The van der Waals surface area contributed by atoms with E-state index >= 15 is 0 Å². The van der Waals surface area contributed by atoms with Crippen LogP contribution in [0.1, 0.15) is 5.76 Å². The molecule has 4 rings (SSSR count). The van der Waals surface area contributed by atoms with E-state index < -0.39 is 11.1 Å². The van der Waals surface area contributed by atoms with Gasteiger partial charge in [-0.2, -0.15) is 0 Å². The maximum Gasteiger partial charge on any atom is 0.294 e. The molecule has 7 nitrogen and oxygen atoms in total. The highest BCUT2D eigenvalue weighted by Gasteiger charge is 2.37. The van der Waals surface area contributed by atoms with Crippen molar-refractivity contribution >= 4 is 34.9 Å². The lowest BCUT2D eigenvalue weighted by Crippen LogP contribution is -2.46. The summed E-state index contributed by atoms with van der Waals surface area (Å²) in [6.45, 7) is 1.63. The summed E-state index contributed by atoms with van der Waals surface area (Å²) in [6.07, 6.45) is 1.54. The van der Waals surface area contributed by atoms with Gasteiger partial charge in [-0.05, 0) is 23.9 Å². The highest BCUT2D eigenvalue weighted by atomic mass is 32.2. The first-order valence-corrected chi connectivity index (χ1v) is 9.69. The molecule has 1 aromatic carbocycles. The quantitative estimate of drug-likeness (QED) is 0.737. The zero-order valence-corrected chi connectivity index (χ0v) is 15.8. The Hall–Kier alpha value is -2.84. The number of nitrogens with zero attached hydrogens (tertiary/aromatic N) is 2. The van der Waals surface area contributed by atoms with Gasteiger partial charge < -0.3 is 14.1 Å². The molecule has 0 bridgehead atoms. The predicted molar refractivity (Wildman–Crippen MR) is 104 cm³/mol. The Bertz CT molecular complexity index is 931. The normalized spacial score (nSPS) is 18.9. The molecule has 28 heavy (non-hydrogen) atoms. The Kier molecular flexibility index (Phi) is 5.31. The molecule has 2 fully saturated rings. The minimum Gasteiger partial charge on any atom is -0.457 e. The molecule has 2 aromatic rings. The molecule has 2 saturated heterocycles. The van der Waals surface area contributed by atoms with Crippen LogP contribution in [-0.4, -0.2) is 59.7 Å². The number of carbonyl (C=O) groups is 3. The van der Waals surface area contributed by atoms with Gasteiger partial charge in [0.25, 0.3) is 11.1 Å². The molecule has 1 aromatic heterocycles. The Morgan fingerprint density at radius 2 is 1.82 bits per heavy atom. The number of rotatable bonds is 4. The van der Waals surface area contributed by atoms with Crippen molar-refractivity contribution in [2.75, 3.05) is 32.8 Å². The van der Waals surface area contributed by atoms with Gasteiger partial charge in [0, 0.05) is 24.7 Å². The molecular formula is C20H18N2O5S. The minimum absolute atomic E-state index is 0.244. The predicted octanol–water partition coefficient (Wildman–Crippen LogP) is 2.84. The van der Waals surface area contributed by atoms with E-state index in [2.05, 4.69) is 0 Å². The highest BCUT2D eigenvalue weighted by Crippen LogP contribution is 2.33. The third kappa shape index (κ3) is 3.88. The molecule has 0 spiro atoms. The van der Waals surface area contributed by atoms with Crippen molar-refractivity contribution in [2.24, 2.45) is 0 Å². The zero-order valence-electron chi connectivity index (χ0n) is 15.0. The van der Waals surface area contributed by atoms with Crippen molar-refractivity contribution in [1.82, 2.24) is 9.80 Å². The number of morpholine rings is 1. The summed E-state index contributed by atoms with van der Waals surface area (Å²) in [6, 6.07) is 13.1. The fraction of sp³-hybridized carbons (Fsp3) is 0.250. The van der Waals surface area contributed by atoms with Crippen LogP contribution in [0.15, 0.2) is 51.8 Å². The Morgan fingerprint density at radius 1 is 1.07 bits per heavy atom. The molecular weight excluding hydrogens is 380 g/mol.